The molecule has 1 heterocycles. The zero-order valence-corrected chi connectivity index (χ0v) is 10.2. The van der Waals surface area contributed by atoms with Crippen molar-refractivity contribution in [3.05, 3.63) is 45.4 Å². The van der Waals surface area contributed by atoms with Crippen molar-refractivity contribution in [1.29, 1.82) is 0 Å². The summed E-state index contributed by atoms with van der Waals surface area (Å²) >= 11 is 18.3. The maximum Gasteiger partial charge on any atom is 0.155 e. The summed E-state index contributed by atoms with van der Waals surface area (Å²) in [5.74, 6) is 0. The molecule has 0 bridgehead atoms. The van der Waals surface area contributed by atoms with Gasteiger partial charge in [0, 0.05) is 10.8 Å². The lowest BCUT2D eigenvalue weighted by atomic mass is 10.1. The van der Waals surface area contributed by atoms with Crippen molar-refractivity contribution in [2.75, 3.05) is 0 Å². The molecule has 1 nitrogen and oxygen atoms in total. The third-order valence-corrected chi connectivity index (χ3v) is 3.41. The van der Waals surface area contributed by atoms with E-state index in [0.29, 0.717) is 26.2 Å². The average Bonchev–Trinajstić information content (AvgIpc) is 2.66. The largest absolute Gasteiger partial charge is 0.453 e. The molecular formula is C12H5Cl3O. The van der Waals surface area contributed by atoms with E-state index in [9.17, 15) is 0 Å². The molecule has 0 saturated carbocycles. The van der Waals surface area contributed by atoms with Crippen molar-refractivity contribution < 1.29 is 4.42 Å². The molecule has 1 aromatic heterocycles. The quantitative estimate of drug-likeness (QED) is 0.523. The van der Waals surface area contributed by atoms with Crippen LogP contribution in [0.5, 0.6) is 0 Å². The van der Waals surface area contributed by atoms with Crippen LogP contribution in [-0.2, 0) is 0 Å². The maximum absolute atomic E-state index is 6.14. The first-order valence-electron chi connectivity index (χ1n) is 4.63. The van der Waals surface area contributed by atoms with Gasteiger partial charge in [-0.2, -0.15) is 0 Å². The van der Waals surface area contributed by atoms with Crippen LogP contribution in [0.2, 0.25) is 15.1 Å². The Hall–Kier alpha value is -0.890. The van der Waals surface area contributed by atoms with Crippen molar-refractivity contribution in [3.8, 4) is 0 Å². The summed E-state index contributed by atoms with van der Waals surface area (Å²) in [4.78, 5) is 0. The number of rotatable bonds is 0. The van der Waals surface area contributed by atoms with Crippen LogP contribution in [0.3, 0.4) is 0 Å². The monoisotopic (exact) mass is 270 g/mol. The summed E-state index contributed by atoms with van der Waals surface area (Å²) in [5.41, 5.74) is 1.20. The topological polar surface area (TPSA) is 13.1 Å². The molecule has 0 fully saturated rings. The van der Waals surface area contributed by atoms with Gasteiger partial charge in [-0.1, -0.05) is 46.9 Å². The normalized spacial score (nSPS) is 11.4. The number of furan rings is 1. The first kappa shape index (κ1) is 10.3. The van der Waals surface area contributed by atoms with Gasteiger partial charge in [-0.15, -0.1) is 0 Å². The van der Waals surface area contributed by atoms with Crippen LogP contribution < -0.4 is 0 Å². The van der Waals surface area contributed by atoms with Gasteiger partial charge in [0.15, 0.2) is 11.2 Å². The lowest BCUT2D eigenvalue weighted by Crippen LogP contribution is -1.70. The molecule has 0 amide bonds. The summed E-state index contributed by atoms with van der Waals surface area (Å²) in [5, 5.41) is 3.40. The van der Waals surface area contributed by atoms with Crippen LogP contribution in [0.15, 0.2) is 34.7 Å². The molecule has 0 atom stereocenters. The van der Waals surface area contributed by atoms with Gasteiger partial charge < -0.3 is 4.42 Å². The van der Waals surface area contributed by atoms with Gasteiger partial charge in [-0.05, 0) is 18.2 Å². The van der Waals surface area contributed by atoms with E-state index in [1.807, 2.05) is 12.1 Å². The molecule has 4 heteroatoms. The van der Waals surface area contributed by atoms with Gasteiger partial charge in [0.1, 0.15) is 0 Å². The molecule has 3 aromatic rings. The van der Waals surface area contributed by atoms with Crippen molar-refractivity contribution in [3.63, 3.8) is 0 Å². The lowest BCUT2D eigenvalue weighted by Gasteiger charge is -1.94. The maximum atomic E-state index is 6.14. The Labute approximate surface area is 106 Å². The summed E-state index contributed by atoms with van der Waals surface area (Å²) in [6.07, 6.45) is 0. The van der Waals surface area contributed by atoms with E-state index in [1.54, 1.807) is 18.2 Å². The minimum atomic E-state index is 0.534. The van der Waals surface area contributed by atoms with Crippen molar-refractivity contribution in [1.82, 2.24) is 0 Å². The van der Waals surface area contributed by atoms with Crippen LogP contribution in [0.4, 0.5) is 0 Å². The summed E-state index contributed by atoms with van der Waals surface area (Å²) in [6, 6.07) is 9.00. The predicted octanol–water partition coefficient (Wildman–Crippen LogP) is 5.55. The number of halogens is 3. The number of hydrogen-bond donors (Lipinski definition) is 0. The first-order valence-corrected chi connectivity index (χ1v) is 5.76. The lowest BCUT2D eigenvalue weighted by molar-refractivity contribution is 0.669. The second-order valence-corrected chi connectivity index (χ2v) is 4.67. The SMILES string of the molecule is Clc1cccc2c1oc1c(Cl)ccc(Cl)c12. The van der Waals surface area contributed by atoms with E-state index in [-0.39, 0.29) is 0 Å². The van der Waals surface area contributed by atoms with Gasteiger partial charge in [0.2, 0.25) is 0 Å². The molecule has 16 heavy (non-hydrogen) atoms. The van der Waals surface area contributed by atoms with Gasteiger partial charge in [-0.25, -0.2) is 0 Å². The van der Waals surface area contributed by atoms with E-state index in [4.69, 9.17) is 39.2 Å². The molecule has 0 aliphatic heterocycles. The molecule has 0 saturated heterocycles. The zero-order valence-electron chi connectivity index (χ0n) is 7.93. The van der Waals surface area contributed by atoms with Crippen molar-refractivity contribution in [2.45, 2.75) is 0 Å². The Kier molecular flexibility index (Phi) is 2.28. The Morgan fingerprint density at radius 3 is 2.25 bits per heavy atom. The molecule has 0 unspecified atom stereocenters. The molecule has 2 aromatic carbocycles. The highest BCUT2D eigenvalue weighted by molar-refractivity contribution is 6.43. The van der Waals surface area contributed by atoms with E-state index in [2.05, 4.69) is 0 Å². The number of para-hydroxylation sites is 1. The standard InChI is InChI=1S/C12H5Cl3O/c13-7-4-5-9(15)12-10(7)6-2-1-3-8(14)11(6)16-12/h1-5H. The molecular weight excluding hydrogens is 266 g/mol. The van der Waals surface area contributed by atoms with Gasteiger partial charge >= 0.3 is 0 Å². The summed E-state index contributed by atoms with van der Waals surface area (Å²) in [6.45, 7) is 0. The van der Waals surface area contributed by atoms with Gasteiger partial charge in [0.05, 0.1) is 15.1 Å². The fourth-order valence-electron chi connectivity index (χ4n) is 1.80. The highest BCUT2D eigenvalue weighted by Crippen LogP contribution is 2.39. The van der Waals surface area contributed by atoms with Crippen LogP contribution in [0, 0.1) is 0 Å². The summed E-state index contributed by atoms with van der Waals surface area (Å²) < 4.78 is 5.65. The molecule has 0 aliphatic carbocycles. The fourth-order valence-corrected chi connectivity index (χ4v) is 2.46. The van der Waals surface area contributed by atoms with Crippen LogP contribution in [0.25, 0.3) is 21.9 Å². The molecule has 0 aliphatic rings. The Morgan fingerprint density at radius 1 is 0.750 bits per heavy atom. The third-order valence-electron chi connectivity index (χ3n) is 2.50. The Balaban J connectivity index is 2.66. The summed E-state index contributed by atoms with van der Waals surface area (Å²) in [7, 11) is 0. The number of benzene rings is 2. The molecule has 0 spiro atoms. The second kappa shape index (κ2) is 3.56. The van der Waals surface area contributed by atoms with E-state index >= 15 is 0 Å². The molecule has 0 radical (unpaired) electrons. The second-order valence-electron chi connectivity index (χ2n) is 3.45. The van der Waals surface area contributed by atoms with E-state index in [0.717, 1.165) is 10.8 Å². The fraction of sp³-hybridized carbons (Fsp3) is 0. The van der Waals surface area contributed by atoms with Crippen LogP contribution in [0.1, 0.15) is 0 Å². The molecule has 0 N–H and O–H groups in total. The Morgan fingerprint density at radius 2 is 1.44 bits per heavy atom. The Bertz CT molecular complexity index is 700. The molecule has 3 rings (SSSR count). The zero-order chi connectivity index (χ0) is 11.3. The minimum Gasteiger partial charge on any atom is -0.453 e. The average molecular weight is 272 g/mol. The molecule has 80 valence electrons. The highest BCUT2D eigenvalue weighted by atomic mass is 35.5. The first-order chi connectivity index (χ1) is 7.68. The smallest absolute Gasteiger partial charge is 0.155 e. The minimum absolute atomic E-state index is 0.534. The third kappa shape index (κ3) is 1.32. The number of fused-ring (bicyclic) bond motifs is 3. The van der Waals surface area contributed by atoms with Crippen LogP contribution >= 0.6 is 34.8 Å². The van der Waals surface area contributed by atoms with Crippen LogP contribution in [-0.4, -0.2) is 0 Å². The van der Waals surface area contributed by atoms with E-state index in [1.165, 1.54) is 0 Å². The van der Waals surface area contributed by atoms with Crippen molar-refractivity contribution >= 4 is 56.7 Å². The number of hydrogen-bond acceptors (Lipinski definition) is 1. The van der Waals surface area contributed by atoms with E-state index < -0.39 is 0 Å². The van der Waals surface area contributed by atoms with Gasteiger partial charge in [0.25, 0.3) is 0 Å². The van der Waals surface area contributed by atoms with Crippen molar-refractivity contribution in [2.24, 2.45) is 0 Å². The van der Waals surface area contributed by atoms with Gasteiger partial charge in [-0.3, -0.25) is 0 Å². The predicted molar refractivity (Wildman–Crippen MR) is 68.8 cm³/mol. The highest BCUT2D eigenvalue weighted by Gasteiger charge is 2.14.